The van der Waals surface area contributed by atoms with Crippen molar-refractivity contribution in [3.63, 3.8) is 0 Å². The van der Waals surface area contributed by atoms with Crippen LogP contribution < -0.4 is 5.73 Å². The predicted molar refractivity (Wildman–Crippen MR) is 75.6 cm³/mol. The number of anilines is 1. The summed E-state index contributed by atoms with van der Waals surface area (Å²) in [5.41, 5.74) is 6.58. The van der Waals surface area contributed by atoms with E-state index >= 15 is 0 Å². The highest BCUT2D eigenvalue weighted by molar-refractivity contribution is 7.88. The van der Waals surface area contributed by atoms with E-state index in [1.807, 2.05) is 20.8 Å². The van der Waals surface area contributed by atoms with Gasteiger partial charge in [0.05, 0.1) is 5.75 Å². The van der Waals surface area contributed by atoms with E-state index in [0.717, 1.165) is 6.42 Å². The van der Waals surface area contributed by atoms with Crippen molar-refractivity contribution in [2.75, 3.05) is 12.8 Å². The molecule has 0 aliphatic rings. The summed E-state index contributed by atoms with van der Waals surface area (Å²) < 4.78 is 26.1. The quantitative estimate of drug-likeness (QED) is 0.834. The Hall–Kier alpha value is -1.07. The first-order chi connectivity index (χ1) is 8.19. The van der Waals surface area contributed by atoms with Crippen molar-refractivity contribution in [3.05, 3.63) is 29.8 Å². The number of nitrogens with zero attached hydrogens (tertiary/aromatic N) is 1. The fourth-order valence-corrected chi connectivity index (χ4v) is 3.27. The summed E-state index contributed by atoms with van der Waals surface area (Å²) in [6, 6.07) is 6.99. The molecule has 0 saturated carbocycles. The zero-order chi connectivity index (χ0) is 14.0. The largest absolute Gasteiger partial charge is 0.399 e. The van der Waals surface area contributed by atoms with Crippen molar-refractivity contribution >= 4 is 15.7 Å². The maximum Gasteiger partial charge on any atom is 0.218 e. The highest BCUT2D eigenvalue weighted by atomic mass is 32.2. The predicted octanol–water partition coefficient (Wildman–Crippen LogP) is 2.22. The number of hydrogen-bond donors (Lipinski definition) is 1. The summed E-state index contributed by atoms with van der Waals surface area (Å²) in [7, 11) is -1.69. The van der Waals surface area contributed by atoms with Crippen LogP contribution in [-0.2, 0) is 15.8 Å². The molecule has 0 amide bonds. The first kappa shape index (κ1) is 15.0. The number of sulfonamides is 1. The van der Waals surface area contributed by atoms with E-state index in [1.165, 1.54) is 4.31 Å². The van der Waals surface area contributed by atoms with Gasteiger partial charge in [0.1, 0.15) is 0 Å². The van der Waals surface area contributed by atoms with Crippen molar-refractivity contribution in [2.45, 2.75) is 38.5 Å². The number of nitrogen functional groups attached to an aromatic ring is 1. The summed E-state index contributed by atoms with van der Waals surface area (Å²) >= 11 is 0. The summed E-state index contributed by atoms with van der Waals surface area (Å²) in [4.78, 5) is 0. The van der Waals surface area contributed by atoms with Crippen molar-refractivity contribution in [1.82, 2.24) is 4.31 Å². The highest BCUT2D eigenvalue weighted by Crippen LogP contribution is 2.22. The van der Waals surface area contributed by atoms with Gasteiger partial charge in [0.25, 0.3) is 0 Å². The summed E-state index contributed by atoms with van der Waals surface area (Å²) in [6.07, 6.45) is 0.764. The maximum atomic E-state index is 12.3. The molecule has 0 unspecified atom stereocenters. The molecule has 0 radical (unpaired) electrons. The molecular formula is C13H22N2O2S. The van der Waals surface area contributed by atoms with E-state index in [9.17, 15) is 8.42 Å². The zero-order valence-corrected chi connectivity index (χ0v) is 12.3. The zero-order valence-electron chi connectivity index (χ0n) is 11.5. The molecule has 4 nitrogen and oxygen atoms in total. The van der Waals surface area contributed by atoms with Gasteiger partial charge in [-0.2, -0.15) is 4.31 Å². The van der Waals surface area contributed by atoms with E-state index in [1.54, 1.807) is 31.3 Å². The molecular weight excluding hydrogens is 248 g/mol. The third-order valence-corrected chi connectivity index (χ3v) is 5.46. The molecule has 102 valence electrons. The lowest BCUT2D eigenvalue weighted by Gasteiger charge is -2.33. The van der Waals surface area contributed by atoms with Crippen LogP contribution >= 0.6 is 0 Å². The second kappa shape index (κ2) is 5.28. The van der Waals surface area contributed by atoms with Gasteiger partial charge in [-0.05, 0) is 38.0 Å². The first-order valence-corrected chi connectivity index (χ1v) is 7.61. The smallest absolute Gasteiger partial charge is 0.218 e. The van der Waals surface area contributed by atoms with Crippen molar-refractivity contribution in [3.8, 4) is 0 Å². The molecule has 1 aromatic rings. The lowest BCUT2D eigenvalue weighted by atomic mass is 10.0. The summed E-state index contributed by atoms with van der Waals surface area (Å²) in [6.45, 7) is 5.82. The minimum atomic E-state index is -3.32. The number of benzene rings is 1. The molecule has 0 bridgehead atoms. The van der Waals surface area contributed by atoms with Gasteiger partial charge < -0.3 is 5.73 Å². The molecule has 0 saturated heterocycles. The molecule has 2 N–H and O–H groups in total. The molecule has 0 aliphatic heterocycles. The average molecular weight is 270 g/mol. The Kier molecular flexibility index (Phi) is 4.40. The Morgan fingerprint density at radius 3 is 2.44 bits per heavy atom. The topological polar surface area (TPSA) is 63.4 Å². The van der Waals surface area contributed by atoms with Gasteiger partial charge in [-0.3, -0.25) is 0 Å². The van der Waals surface area contributed by atoms with Crippen LogP contribution in [0.25, 0.3) is 0 Å². The Morgan fingerprint density at radius 2 is 1.94 bits per heavy atom. The molecule has 0 atom stereocenters. The van der Waals surface area contributed by atoms with Crippen LogP contribution in [0.1, 0.15) is 32.8 Å². The third-order valence-electron chi connectivity index (χ3n) is 3.44. The van der Waals surface area contributed by atoms with Crippen molar-refractivity contribution in [1.29, 1.82) is 0 Å². The van der Waals surface area contributed by atoms with Crippen molar-refractivity contribution < 1.29 is 8.42 Å². The van der Waals surface area contributed by atoms with Gasteiger partial charge in [-0.1, -0.05) is 19.1 Å². The number of nitrogens with two attached hydrogens (primary N) is 1. The molecule has 18 heavy (non-hydrogen) atoms. The van der Waals surface area contributed by atoms with Crippen LogP contribution in [0.3, 0.4) is 0 Å². The van der Waals surface area contributed by atoms with Crippen LogP contribution in [0.2, 0.25) is 0 Å². The van der Waals surface area contributed by atoms with Gasteiger partial charge >= 0.3 is 0 Å². The fourth-order valence-electron chi connectivity index (χ4n) is 1.59. The van der Waals surface area contributed by atoms with E-state index in [2.05, 4.69) is 0 Å². The second-order valence-electron chi connectivity index (χ2n) is 5.13. The van der Waals surface area contributed by atoms with Crippen LogP contribution in [0.15, 0.2) is 24.3 Å². The van der Waals surface area contributed by atoms with E-state index in [4.69, 9.17) is 5.73 Å². The average Bonchev–Trinajstić information content (AvgIpc) is 2.27. The minimum Gasteiger partial charge on any atom is -0.399 e. The molecule has 0 spiro atoms. The van der Waals surface area contributed by atoms with Gasteiger partial charge in [-0.25, -0.2) is 8.42 Å². The molecule has 0 fully saturated rings. The molecule has 5 heteroatoms. The summed E-state index contributed by atoms with van der Waals surface area (Å²) in [5.74, 6) is -0.0159. The summed E-state index contributed by atoms with van der Waals surface area (Å²) in [5, 5.41) is 0. The van der Waals surface area contributed by atoms with Crippen LogP contribution in [0.4, 0.5) is 5.69 Å². The Morgan fingerprint density at radius 1 is 1.33 bits per heavy atom. The van der Waals surface area contributed by atoms with Crippen molar-refractivity contribution in [2.24, 2.45) is 0 Å². The third kappa shape index (κ3) is 3.46. The van der Waals surface area contributed by atoms with Gasteiger partial charge in [0, 0.05) is 18.3 Å². The molecule has 1 aromatic carbocycles. The molecule has 0 heterocycles. The Bertz CT molecular complexity index is 509. The second-order valence-corrected chi connectivity index (χ2v) is 7.13. The normalized spacial score (nSPS) is 12.9. The number of hydrogen-bond acceptors (Lipinski definition) is 3. The van der Waals surface area contributed by atoms with E-state index in [-0.39, 0.29) is 11.3 Å². The monoisotopic (exact) mass is 270 g/mol. The Labute approximate surface area is 110 Å². The number of rotatable bonds is 5. The molecule has 0 aromatic heterocycles. The van der Waals surface area contributed by atoms with Crippen LogP contribution in [-0.4, -0.2) is 25.3 Å². The van der Waals surface area contributed by atoms with E-state index in [0.29, 0.717) is 11.3 Å². The highest BCUT2D eigenvalue weighted by Gasteiger charge is 2.31. The minimum absolute atomic E-state index is 0.0159. The van der Waals surface area contributed by atoms with Crippen LogP contribution in [0, 0.1) is 0 Å². The lowest BCUT2D eigenvalue weighted by Crippen LogP contribution is -2.44. The standard InChI is InChI=1S/C13H22N2O2S/c1-5-13(2,3)15(4)18(16,17)10-11-7-6-8-12(14)9-11/h6-9H,5,10,14H2,1-4H3. The molecule has 0 aliphatic carbocycles. The van der Waals surface area contributed by atoms with Gasteiger partial charge in [0.15, 0.2) is 0 Å². The lowest BCUT2D eigenvalue weighted by molar-refractivity contribution is 0.257. The maximum absolute atomic E-state index is 12.3. The fraction of sp³-hybridized carbons (Fsp3) is 0.538. The van der Waals surface area contributed by atoms with Gasteiger partial charge in [0.2, 0.25) is 10.0 Å². The molecule has 1 rings (SSSR count). The van der Waals surface area contributed by atoms with E-state index < -0.39 is 10.0 Å². The Balaban J connectivity index is 2.96. The SMILES string of the molecule is CCC(C)(C)N(C)S(=O)(=O)Cc1cccc(N)c1. The van der Waals surface area contributed by atoms with Crippen LogP contribution in [0.5, 0.6) is 0 Å². The van der Waals surface area contributed by atoms with Gasteiger partial charge in [-0.15, -0.1) is 0 Å². The first-order valence-electron chi connectivity index (χ1n) is 6.00.